The first-order valence-electron chi connectivity index (χ1n) is 9.51. The summed E-state index contributed by atoms with van der Waals surface area (Å²) in [5.74, 6) is 1.65. The van der Waals surface area contributed by atoms with Crippen molar-refractivity contribution < 1.29 is 9.59 Å². The summed E-state index contributed by atoms with van der Waals surface area (Å²) in [6.07, 6.45) is 6.57. The van der Waals surface area contributed by atoms with Crippen LogP contribution in [0.4, 0.5) is 0 Å². The zero-order chi connectivity index (χ0) is 17.0. The molecule has 0 radical (unpaired) electrons. The van der Waals surface area contributed by atoms with Crippen molar-refractivity contribution in [1.82, 2.24) is 10.2 Å². The van der Waals surface area contributed by atoms with E-state index in [0.717, 1.165) is 45.2 Å². The van der Waals surface area contributed by atoms with Gasteiger partial charge < -0.3 is 10.2 Å². The van der Waals surface area contributed by atoms with E-state index in [1.54, 1.807) is 0 Å². The summed E-state index contributed by atoms with van der Waals surface area (Å²) in [4.78, 5) is 26.6. The molecular weight excluding hydrogens is 288 g/mol. The minimum Gasteiger partial charge on any atom is -0.353 e. The average Bonchev–Trinajstić information content (AvgIpc) is 2.96. The Morgan fingerprint density at radius 3 is 2.43 bits per heavy atom. The van der Waals surface area contributed by atoms with E-state index in [0.29, 0.717) is 23.8 Å². The van der Waals surface area contributed by atoms with Crippen molar-refractivity contribution in [2.45, 2.75) is 72.3 Å². The Bertz CT molecular complexity index is 420. The fourth-order valence-electron chi connectivity index (χ4n) is 3.59. The van der Waals surface area contributed by atoms with E-state index in [2.05, 4.69) is 26.1 Å². The third-order valence-electron chi connectivity index (χ3n) is 6.06. The van der Waals surface area contributed by atoms with E-state index < -0.39 is 0 Å². The fourth-order valence-corrected chi connectivity index (χ4v) is 3.59. The van der Waals surface area contributed by atoms with Crippen LogP contribution in [-0.2, 0) is 9.59 Å². The largest absolute Gasteiger partial charge is 0.353 e. The molecule has 4 nitrogen and oxygen atoms in total. The summed E-state index contributed by atoms with van der Waals surface area (Å²) < 4.78 is 0. The molecule has 1 saturated carbocycles. The highest BCUT2D eigenvalue weighted by atomic mass is 16.2. The lowest BCUT2D eigenvalue weighted by Crippen LogP contribution is -2.43. The lowest BCUT2D eigenvalue weighted by atomic mass is 9.85. The molecule has 0 aromatic rings. The van der Waals surface area contributed by atoms with Crippen LogP contribution in [0.3, 0.4) is 0 Å². The van der Waals surface area contributed by atoms with Gasteiger partial charge in [0.2, 0.25) is 11.8 Å². The third-order valence-corrected chi connectivity index (χ3v) is 6.06. The van der Waals surface area contributed by atoms with Crippen molar-refractivity contribution in [2.75, 3.05) is 13.1 Å². The Kier molecular flexibility index (Phi) is 6.49. The predicted octanol–water partition coefficient (Wildman–Crippen LogP) is 3.21. The maximum absolute atomic E-state index is 12.3. The van der Waals surface area contributed by atoms with Gasteiger partial charge in [-0.05, 0) is 50.4 Å². The second kappa shape index (κ2) is 8.16. The number of nitrogens with zero attached hydrogens (tertiary/aromatic N) is 1. The van der Waals surface area contributed by atoms with Crippen LogP contribution in [0, 0.1) is 23.7 Å². The van der Waals surface area contributed by atoms with E-state index in [4.69, 9.17) is 0 Å². The standard InChI is InChI=1S/C19H34N2O2/c1-5-13(2)19(23)21-10-9-16(12-21)11-14(3)15(4)18(22)20-17-7-6-8-17/h13-17H,5-12H2,1-4H3,(H,20,22)/t13-,14?,15+,16?/m1/s1. The molecule has 4 heteroatoms. The monoisotopic (exact) mass is 322 g/mol. The van der Waals surface area contributed by atoms with Gasteiger partial charge in [-0.2, -0.15) is 0 Å². The van der Waals surface area contributed by atoms with Gasteiger partial charge in [-0.3, -0.25) is 9.59 Å². The van der Waals surface area contributed by atoms with Crippen molar-refractivity contribution in [3.8, 4) is 0 Å². The maximum Gasteiger partial charge on any atom is 0.225 e. The van der Waals surface area contributed by atoms with Gasteiger partial charge in [-0.15, -0.1) is 0 Å². The zero-order valence-electron chi connectivity index (χ0n) is 15.3. The van der Waals surface area contributed by atoms with Gasteiger partial charge in [-0.1, -0.05) is 27.7 Å². The van der Waals surface area contributed by atoms with Crippen LogP contribution in [0.2, 0.25) is 0 Å². The molecule has 0 spiro atoms. The quantitative estimate of drug-likeness (QED) is 0.782. The molecule has 2 amide bonds. The summed E-state index contributed by atoms with van der Waals surface area (Å²) in [5, 5.41) is 3.17. The predicted molar refractivity (Wildman–Crippen MR) is 92.9 cm³/mol. The van der Waals surface area contributed by atoms with Crippen LogP contribution in [0.25, 0.3) is 0 Å². The molecule has 0 aromatic carbocycles. The molecule has 2 fully saturated rings. The maximum atomic E-state index is 12.3. The van der Waals surface area contributed by atoms with Crippen LogP contribution in [-0.4, -0.2) is 35.8 Å². The van der Waals surface area contributed by atoms with Crippen molar-refractivity contribution in [1.29, 1.82) is 0 Å². The highest BCUT2D eigenvalue weighted by molar-refractivity contribution is 5.79. The van der Waals surface area contributed by atoms with Crippen LogP contribution in [0.5, 0.6) is 0 Å². The van der Waals surface area contributed by atoms with Crippen LogP contribution in [0.15, 0.2) is 0 Å². The van der Waals surface area contributed by atoms with Crippen LogP contribution in [0.1, 0.15) is 66.2 Å². The lowest BCUT2D eigenvalue weighted by molar-refractivity contribution is -0.134. The van der Waals surface area contributed by atoms with E-state index in [1.165, 1.54) is 6.42 Å². The number of amides is 2. The molecule has 2 rings (SSSR count). The SMILES string of the molecule is CC[C@@H](C)C(=O)N1CCC(CC(C)[C@H](C)C(=O)NC2CCC2)C1. The molecular formula is C19H34N2O2. The molecule has 1 aliphatic carbocycles. The Labute approximate surface area is 141 Å². The van der Waals surface area contributed by atoms with Gasteiger partial charge in [-0.25, -0.2) is 0 Å². The van der Waals surface area contributed by atoms with Crippen LogP contribution >= 0.6 is 0 Å². The van der Waals surface area contributed by atoms with Gasteiger partial charge in [0, 0.05) is 31.0 Å². The highest BCUT2D eigenvalue weighted by Gasteiger charge is 2.32. The van der Waals surface area contributed by atoms with E-state index in [9.17, 15) is 9.59 Å². The topological polar surface area (TPSA) is 49.4 Å². The van der Waals surface area contributed by atoms with Gasteiger partial charge in [0.25, 0.3) is 0 Å². The Morgan fingerprint density at radius 2 is 1.87 bits per heavy atom. The molecule has 2 unspecified atom stereocenters. The Balaban J connectivity index is 1.75. The third kappa shape index (κ3) is 4.71. The van der Waals surface area contributed by atoms with E-state index in [-0.39, 0.29) is 17.7 Å². The molecule has 2 aliphatic rings. The molecule has 1 aliphatic heterocycles. The van der Waals surface area contributed by atoms with Crippen molar-refractivity contribution in [3.63, 3.8) is 0 Å². The number of likely N-dealkylation sites (tertiary alicyclic amines) is 1. The van der Waals surface area contributed by atoms with Crippen LogP contribution < -0.4 is 5.32 Å². The summed E-state index contributed by atoms with van der Waals surface area (Å²) >= 11 is 0. The second-order valence-electron chi connectivity index (χ2n) is 7.89. The van der Waals surface area contributed by atoms with E-state index in [1.807, 2.05) is 11.8 Å². The first kappa shape index (κ1) is 18.3. The summed E-state index contributed by atoms with van der Waals surface area (Å²) in [6.45, 7) is 10.1. The van der Waals surface area contributed by atoms with Gasteiger partial charge in [0.1, 0.15) is 0 Å². The zero-order valence-corrected chi connectivity index (χ0v) is 15.3. The molecule has 0 aromatic heterocycles. The Morgan fingerprint density at radius 1 is 1.17 bits per heavy atom. The highest BCUT2D eigenvalue weighted by Crippen LogP contribution is 2.29. The first-order chi connectivity index (χ1) is 10.9. The summed E-state index contributed by atoms with van der Waals surface area (Å²) in [5.41, 5.74) is 0. The van der Waals surface area contributed by atoms with E-state index >= 15 is 0 Å². The molecule has 1 N–H and O–H groups in total. The second-order valence-corrected chi connectivity index (χ2v) is 7.89. The average molecular weight is 322 g/mol. The molecule has 1 saturated heterocycles. The normalized spacial score (nSPS) is 25.6. The molecule has 0 bridgehead atoms. The van der Waals surface area contributed by atoms with Gasteiger partial charge in [0.15, 0.2) is 0 Å². The number of hydrogen-bond acceptors (Lipinski definition) is 2. The lowest BCUT2D eigenvalue weighted by Gasteiger charge is -2.30. The molecule has 1 heterocycles. The number of carbonyl (C=O) groups is 2. The summed E-state index contributed by atoms with van der Waals surface area (Å²) in [7, 11) is 0. The smallest absolute Gasteiger partial charge is 0.225 e. The van der Waals surface area contributed by atoms with Crippen molar-refractivity contribution in [3.05, 3.63) is 0 Å². The molecule has 23 heavy (non-hydrogen) atoms. The first-order valence-corrected chi connectivity index (χ1v) is 9.51. The van der Waals surface area contributed by atoms with Crippen molar-refractivity contribution >= 4 is 11.8 Å². The Hall–Kier alpha value is -1.06. The number of rotatable bonds is 7. The van der Waals surface area contributed by atoms with Crippen molar-refractivity contribution in [2.24, 2.45) is 23.7 Å². The number of nitrogens with one attached hydrogen (secondary N) is 1. The van der Waals surface area contributed by atoms with Gasteiger partial charge >= 0.3 is 0 Å². The minimum absolute atomic E-state index is 0.0647. The molecule has 132 valence electrons. The van der Waals surface area contributed by atoms with Gasteiger partial charge in [0.05, 0.1) is 0 Å². The fraction of sp³-hybridized carbons (Fsp3) is 0.895. The molecule has 4 atom stereocenters. The number of carbonyl (C=O) groups excluding carboxylic acids is 2. The summed E-state index contributed by atoms with van der Waals surface area (Å²) in [6, 6.07) is 0.423. The minimum atomic E-state index is 0.0647. The number of hydrogen-bond donors (Lipinski definition) is 1.